The number of likely N-dealkylation sites (tertiary alicyclic amines) is 1. The molecule has 1 heterocycles. The van der Waals surface area contributed by atoms with E-state index in [4.69, 9.17) is 11.6 Å². The number of halogens is 1. The van der Waals surface area contributed by atoms with Gasteiger partial charge >= 0.3 is 0 Å². The zero-order valence-corrected chi connectivity index (χ0v) is 18.5. The normalized spacial score (nSPS) is 14.1. The van der Waals surface area contributed by atoms with Gasteiger partial charge in [0.1, 0.15) is 0 Å². The van der Waals surface area contributed by atoms with Gasteiger partial charge in [-0.05, 0) is 43.7 Å². The maximum Gasteiger partial charge on any atom is 0.264 e. The smallest absolute Gasteiger partial charge is 0.264 e. The van der Waals surface area contributed by atoms with Crippen molar-refractivity contribution in [1.29, 1.82) is 0 Å². The molecule has 160 valence electrons. The number of carbonyl (C=O) groups excluding carboxylic acids is 2. The van der Waals surface area contributed by atoms with Crippen molar-refractivity contribution in [2.45, 2.75) is 24.7 Å². The topological polar surface area (TPSA) is 86.8 Å². The van der Waals surface area contributed by atoms with E-state index in [1.54, 1.807) is 35.2 Å². The number of nitrogens with zero attached hydrogens (tertiary/aromatic N) is 2. The van der Waals surface area contributed by atoms with Gasteiger partial charge in [0.25, 0.3) is 15.9 Å². The van der Waals surface area contributed by atoms with E-state index in [0.717, 1.165) is 16.3 Å². The Morgan fingerprint density at radius 3 is 2.53 bits per heavy atom. The lowest BCUT2D eigenvalue weighted by molar-refractivity contribution is -0.127. The number of anilines is 1. The number of nitrogens with one attached hydrogen (secondary N) is 1. The van der Waals surface area contributed by atoms with Crippen molar-refractivity contribution < 1.29 is 18.0 Å². The Bertz CT molecular complexity index is 1050. The van der Waals surface area contributed by atoms with Crippen molar-refractivity contribution in [3.8, 4) is 0 Å². The Kier molecular flexibility index (Phi) is 6.67. The summed E-state index contributed by atoms with van der Waals surface area (Å²) in [5, 5.41) is 2.96. The molecule has 0 saturated carbocycles. The zero-order valence-electron chi connectivity index (χ0n) is 16.9. The van der Waals surface area contributed by atoms with E-state index in [2.05, 4.69) is 5.32 Å². The molecule has 0 spiro atoms. The van der Waals surface area contributed by atoms with Crippen LogP contribution in [0.25, 0.3) is 0 Å². The molecule has 0 aromatic heterocycles. The Balaban J connectivity index is 1.74. The molecule has 30 heavy (non-hydrogen) atoms. The lowest BCUT2D eigenvalue weighted by Gasteiger charge is -2.21. The third-order valence-corrected chi connectivity index (χ3v) is 7.21. The van der Waals surface area contributed by atoms with Crippen LogP contribution >= 0.6 is 11.6 Å². The number of benzene rings is 2. The monoisotopic (exact) mass is 449 g/mol. The standard InChI is InChI=1S/C21H24ClN3O4S/c1-15-5-8-17(9-6-15)30(28,29)24(2)16-7-10-19(22)18(14-16)21(27)23-11-13-25-12-3-4-20(25)26/h5-10,14H,3-4,11-13H2,1-2H3,(H,23,27). The highest BCUT2D eigenvalue weighted by atomic mass is 35.5. The molecule has 1 saturated heterocycles. The first-order valence-corrected chi connectivity index (χ1v) is 11.4. The van der Waals surface area contributed by atoms with Gasteiger partial charge in [0.05, 0.1) is 21.2 Å². The summed E-state index contributed by atoms with van der Waals surface area (Å²) in [6, 6.07) is 11.0. The number of hydrogen-bond donors (Lipinski definition) is 1. The molecule has 1 aliphatic heterocycles. The lowest BCUT2D eigenvalue weighted by Crippen LogP contribution is -2.35. The van der Waals surface area contributed by atoms with E-state index in [9.17, 15) is 18.0 Å². The van der Waals surface area contributed by atoms with Gasteiger partial charge in [0, 0.05) is 33.1 Å². The summed E-state index contributed by atoms with van der Waals surface area (Å²) in [6.07, 6.45) is 1.38. The van der Waals surface area contributed by atoms with Gasteiger partial charge in [-0.3, -0.25) is 13.9 Å². The fraction of sp³-hybridized carbons (Fsp3) is 0.333. The summed E-state index contributed by atoms with van der Waals surface area (Å²) in [7, 11) is -2.35. The molecule has 7 nitrogen and oxygen atoms in total. The van der Waals surface area contributed by atoms with Crippen LogP contribution in [0.5, 0.6) is 0 Å². The molecule has 2 aromatic rings. The van der Waals surface area contributed by atoms with Crippen molar-refractivity contribution in [2.75, 3.05) is 31.0 Å². The molecule has 3 rings (SSSR count). The van der Waals surface area contributed by atoms with Crippen molar-refractivity contribution in [1.82, 2.24) is 10.2 Å². The second-order valence-corrected chi connectivity index (χ2v) is 9.57. The average molecular weight is 450 g/mol. The quantitative estimate of drug-likeness (QED) is 0.704. The molecule has 1 fully saturated rings. The van der Waals surface area contributed by atoms with E-state index < -0.39 is 15.9 Å². The number of sulfonamides is 1. The molecule has 1 N–H and O–H groups in total. The highest BCUT2D eigenvalue weighted by Crippen LogP contribution is 2.27. The van der Waals surface area contributed by atoms with Crippen LogP contribution in [0.3, 0.4) is 0 Å². The summed E-state index contributed by atoms with van der Waals surface area (Å²) in [5.41, 5.74) is 1.45. The van der Waals surface area contributed by atoms with Crippen molar-refractivity contribution >= 4 is 39.1 Å². The number of rotatable bonds is 7. The number of amides is 2. The second-order valence-electron chi connectivity index (χ2n) is 7.19. The van der Waals surface area contributed by atoms with Gasteiger partial charge in [-0.25, -0.2) is 8.42 Å². The van der Waals surface area contributed by atoms with Crippen molar-refractivity contribution in [2.24, 2.45) is 0 Å². The Morgan fingerprint density at radius 1 is 1.20 bits per heavy atom. The third kappa shape index (κ3) is 4.76. The van der Waals surface area contributed by atoms with Crippen LogP contribution in [0.2, 0.25) is 5.02 Å². The summed E-state index contributed by atoms with van der Waals surface area (Å²) in [4.78, 5) is 26.1. The van der Waals surface area contributed by atoms with Crippen LogP contribution in [0.15, 0.2) is 47.4 Å². The summed E-state index contributed by atoms with van der Waals surface area (Å²) in [6.45, 7) is 3.31. The van der Waals surface area contributed by atoms with Gasteiger partial charge in [-0.1, -0.05) is 29.3 Å². The maximum atomic E-state index is 12.9. The van der Waals surface area contributed by atoms with Gasteiger partial charge in [0.15, 0.2) is 0 Å². The highest BCUT2D eigenvalue weighted by molar-refractivity contribution is 7.92. The minimum absolute atomic E-state index is 0.0900. The number of aryl methyl sites for hydroxylation is 1. The van der Waals surface area contributed by atoms with Gasteiger partial charge in [0.2, 0.25) is 5.91 Å². The molecule has 0 unspecified atom stereocenters. The second kappa shape index (κ2) is 9.06. The van der Waals surface area contributed by atoms with Crippen LogP contribution in [-0.2, 0) is 14.8 Å². The first-order chi connectivity index (χ1) is 14.2. The predicted octanol–water partition coefficient (Wildman–Crippen LogP) is 2.83. The molecule has 0 bridgehead atoms. The van der Waals surface area contributed by atoms with Crippen molar-refractivity contribution in [3.63, 3.8) is 0 Å². The third-order valence-electron chi connectivity index (χ3n) is 5.08. The van der Waals surface area contributed by atoms with E-state index in [1.165, 1.54) is 19.2 Å². The Hall–Kier alpha value is -2.58. The molecule has 0 radical (unpaired) electrons. The summed E-state index contributed by atoms with van der Waals surface area (Å²) >= 11 is 6.18. The molecule has 2 aromatic carbocycles. The average Bonchev–Trinajstić information content (AvgIpc) is 3.12. The van der Waals surface area contributed by atoms with Crippen LogP contribution in [0.1, 0.15) is 28.8 Å². The van der Waals surface area contributed by atoms with E-state index in [1.807, 2.05) is 6.92 Å². The van der Waals surface area contributed by atoms with Gasteiger partial charge < -0.3 is 10.2 Å². The molecular weight excluding hydrogens is 426 g/mol. The zero-order chi connectivity index (χ0) is 21.9. The van der Waals surface area contributed by atoms with Gasteiger partial charge in [-0.2, -0.15) is 0 Å². The molecule has 2 amide bonds. The maximum absolute atomic E-state index is 12.9. The fourth-order valence-corrected chi connectivity index (χ4v) is 4.62. The molecule has 0 aliphatic carbocycles. The Morgan fingerprint density at radius 2 is 1.90 bits per heavy atom. The first kappa shape index (κ1) is 22.1. The number of hydrogen-bond acceptors (Lipinski definition) is 4. The summed E-state index contributed by atoms with van der Waals surface area (Å²) < 4.78 is 26.9. The minimum Gasteiger partial charge on any atom is -0.350 e. The molecule has 0 atom stereocenters. The molecular formula is C21H24ClN3O4S. The van der Waals surface area contributed by atoms with Crippen LogP contribution in [-0.4, -0.2) is 51.8 Å². The van der Waals surface area contributed by atoms with Crippen LogP contribution < -0.4 is 9.62 Å². The highest BCUT2D eigenvalue weighted by Gasteiger charge is 2.23. The Labute approximate surface area is 181 Å². The first-order valence-electron chi connectivity index (χ1n) is 9.61. The predicted molar refractivity (Wildman–Crippen MR) is 116 cm³/mol. The van der Waals surface area contributed by atoms with Crippen molar-refractivity contribution in [3.05, 3.63) is 58.6 Å². The summed E-state index contributed by atoms with van der Waals surface area (Å²) in [5.74, 6) is -0.332. The molecule has 1 aliphatic rings. The van der Waals surface area contributed by atoms with Crippen LogP contribution in [0.4, 0.5) is 5.69 Å². The number of carbonyl (C=O) groups is 2. The lowest BCUT2D eigenvalue weighted by atomic mass is 10.2. The van der Waals surface area contributed by atoms with Gasteiger partial charge in [-0.15, -0.1) is 0 Å². The van der Waals surface area contributed by atoms with Crippen LogP contribution in [0, 0.1) is 6.92 Å². The minimum atomic E-state index is -3.78. The SMILES string of the molecule is Cc1ccc(S(=O)(=O)N(C)c2ccc(Cl)c(C(=O)NCCN3CCCC3=O)c2)cc1. The molecule has 9 heteroatoms. The van der Waals surface area contributed by atoms with E-state index in [0.29, 0.717) is 31.7 Å². The fourth-order valence-electron chi connectivity index (χ4n) is 3.23. The van der Waals surface area contributed by atoms with E-state index in [-0.39, 0.29) is 21.4 Å². The largest absolute Gasteiger partial charge is 0.350 e. The van der Waals surface area contributed by atoms with E-state index >= 15 is 0 Å².